The Morgan fingerprint density at radius 2 is 2.42 bits per heavy atom. The Hall–Kier alpha value is -1.75. The minimum absolute atomic E-state index is 0.0201. The summed E-state index contributed by atoms with van der Waals surface area (Å²) < 4.78 is 11.6. The highest BCUT2D eigenvalue weighted by Gasteiger charge is 2.33. The van der Waals surface area contributed by atoms with Crippen molar-refractivity contribution in [2.24, 2.45) is 5.92 Å². The van der Waals surface area contributed by atoms with Gasteiger partial charge in [0, 0.05) is 18.2 Å². The number of thiazole rings is 1. The van der Waals surface area contributed by atoms with E-state index >= 15 is 0 Å². The van der Waals surface area contributed by atoms with Crippen LogP contribution in [0.25, 0.3) is 5.76 Å². The van der Waals surface area contributed by atoms with Crippen molar-refractivity contribution >= 4 is 23.0 Å². The number of nitrogens with zero attached hydrogens (tertiary/aromatic N) is 2. The smallest absolute Gasteiger partial charge is 0.202 e. The highest BCUT2D eigenvalue weighted by molar-refractivity contribution is 7.10. The minimum atomic E-state index is -0.0201. The number of furan rings is 1. The van der Waals surface area contributed by atoms with E-state index in [0.717, 1.165) is 22.9 Å². The molecule has 100 valence electrons. The summed E-state index contributed by atoms with van der Waals surface area (Å²) in [5.41, 5.74) is 1.81. The molecule has 2 atom stereocenters. The Morgan fingerprint density at radius 1 is 1.53 bits per heavy atom. The van der Waals surface area contributed by atoms with Crippen LogP contribution in [-0.2, 0) is 4.74 Å². The fraction of sp³-hybridized carbons (Fsp3) is 0.357. The van der Waals surface area contributed by atoms with Crippen molar-refractivity contribution in [2.75, 3.05) is 4.90 Å². The standard InChI is InChI=1S/C14H16N2O2S/c1-3-10(2)14-16(13-5-4-6-17-13)8-11(18-14)12-7-15-9-19-12/h4-10,14H,3H2,1-2H3. The van der Waals surface area contributed by atoms with E-state index in [-0.39, 0.29) is 6.23 Å². The molecule has 0 N–H and O–H groups in total. The largest absolute Gasteiger partial charge is 0.467 e. The molecule has 0 radical (unpaired) electrons. The van der Waals surface area contributed by atoms with Gasteiger partial charge in [-0.2, -0.15) is 0 Å². The molecule has 0 saturated carbocycles. The lowest BCUT2D eigenvalue weighted by Crippen LogP contribution is -2.33. The first kappa shape index (κ1) is 12.3. The first-order valence-corrected chi connectivity index (χ1v) is 7.26. The van der Waals surface area contributed by atoms with Crippen molar-refractivity contribution in [3.8, 4) is 0 Å². The molecular weight excluding hydrogens is 260 g/mol. The van der Waals surface area contributed by atoms with E-state index in [4.69, 9.17) is 9.15 Å². The Morgan fingerprint density at radius 3 is 3.05 bits per heavy atom. The molecule has 2 aromatic heterocycles. The SMILES string of the molecule is CCC(C)C1OC(c2cncs2)=CN1c1ccco1. The maximum Gasteiger partial charge on any atom is 0.202 e. The Labute approximate surface area is 116 Å². The van der Waals surface area contributed by atoms with Crippen LogP contribution in [-0.4, -0.2) is 11.2 Å². The van der Waals surface area contributed by atoms with Gasteiger partial charge < -0.3 is 9.15 Å². The van der Waals surface area contributed by atoms with Crippen LogP contribution in [0.15, 0.2) is 40.7 Å². The summed E-state index contributed by atoms with van der Waals surface area (Å²) in [4.78, 5) is 7.20. The predicted octanol–water partition coefficient (Wildman–Crippen LogP) is 3.94. The maximum absolute atomic E-state index is 6.09. The molecule has 5 heteroatoms. The fourth-order valence-electron chi connectivity index (χ4n) is 2.07. The second-order valence-corrected chi connectivity index (χ2v) is 5.50. The summed E-state index contributed by atoms with van der Waals surface area (Å²) in [6.07, 6.45) is 6.54. The lowest BCUT2D eigenvalue weighted by atomic mass is 10.1. The van der Waals surface area contributed by atoms with Crippen molar-refractivity contribution in [2.45, 2.75) is 26.5 Å². The first-order valence-electron chi connectivity index (χ1n) is 6.38. The van der Waals surface area contributed by atoms with E-state index in [0.29, 0.717) is 5.92 Å². The van der Waals surface area contributed by atoms with Gasteiger partial charge in [-0.3, -0.25) is 9.88 Å². The van der Waals surface area contributed by atoms with Crippen LogP contribution in [0.5, 0.6) is 0 Å². The van der Waals surface area contributed by atoms with Gasteiger partial charge in [-0.25, -0.2) is 0 Å². The molecule has 0 amide bonds. The average Bonchev–Trinajstić information content (AvgIpc) is 3.14. The van der Waals surface area contributed by atoms with Gasteiger partial charge in [0.2, 0.25) is 5.88 Å². The summed E-state index contributed by atoms with van der Waals surface area (Å²) in [5, 5.41) is 0. The molecule has 0 fully saturated rings. The van der Waals surface area contributed by atoms with Crippen molar-refractivity contribution in [3.63, 3.8) is 0 Å². The Balaban J connectivity index is 1.92. The highest BCUT2D eigenvalue weighted by atomic mass is 32.1. The van der Waals surface area contributed by atoms with Gasteiger partial charge in [0.15, 0.2) is 12.0 Å². The van der Waals surface area contributed by atoms with E-state index < -0.39 is 0 Å². The van der Waals surface area contributed by atoms with Gasteiger partial charge in [0.1, 0.15) is 0 Å². The maximum atomic E-state index is 6.09. The van der Waals surface area contributed by atoms with Gasteiger partial charge in [-0.05, 0) is 12.5 Å². The molecule has 4 nitrogen and oxygen atoms in total. The van der Waals surface area contributed by atoms with Crippen LogP contribution in [0.2, 0.25) is 0 Å². The van der Waals surface area contributed by atoms with Crippen LogP contribution >= 0.6 is 11.3 Å². The lowest BCUT2D eigenvalue weighted by molar-refractivity contribution is 0.130. The molecule has 19 heavy (non-hydrogen) atoms. The summed E-state index contributed by atoms with van der Waals surface area (Å²) in [6.45, 7) is 4.35. The highest BCUT2D eigenvalue weighted by Crippen LogP contribution is 2.36. The second-order valence-electron chi connectivity index (χ2n) is 4.61. The molecular formula is C14H16N2O2S. The quantitative estimate of drug-likeness (QED) is 0.847. The van der Waals surface area contributed by atoms with Crippen LogP contribution in [0, 0.1) is 5.92 Å². The van der Waals surface area contributed by atoms with E-state index in [1.54, 1.807) is 17.6 Å². The van der Waals surface area contributed by atoms with Crippen molar-refractivity contribution in [3.05, 3.63) is 41.2 Å². The number of ether oxygens (including phenoxy) is 1. The topological polar surface area (TPSA) is 38.5 Å². The van der Waals surface area contributed by atoms with Crippen LogP contribution in [0.3, 0.4) is 0 Å². The summed E-state index contributed by atoms with van der Waals surface area (Å²) in [7, 11) is 0. The molecule has 2 unspecified atom stereocenters. The van der Waals surface area contributed by atoms with Crippen LogP contribution < -0.4 is 4.90 Å². The van der Waals surface area contributed by atoms with Crippen LogP contribution in [0.4, 0.5) is 5.88 Å². The van der Waals surface area contributed by atoms with E-state index in [9.17, 15) is 0 Å². The molecule has 0 aliphatic carbocycles. The van der Waals surface area contributed by atoms with E-state index in [1.165, 1.54) is 0 Å². The average molecular weight is 276 g/mol. The summed E-state index contributed by atoms with van der Waals surface area (Å²) >= 11 is 1.58. The summed E-state index contributed by atoms with van der Waals surface area (Å²) in [6, 6.07) is 3.84. The molecule has 0 spiro atoms. The number of anilines is 1. The van der Waals surface area contributed by atoms with Gasteiger partial charge in [-0.15, -0.1) is 11.3 Å². The monoisotopic (exact) mass is 276 g/mol. The van der Waals surface area contributed by atoms with Gasteiger partial charge >= 0.3 is 0 Å². The fourth-order valence-corrected chi connectivity index (χ4v) is 2.65. The number of hydrogen-bond acceptors (Lipinski definition) is 5. The van der Waals surface area contributed by atoms with E-state index in [1.807, 2.05) is 30.0 Å². The number of rotatable bonds is 4. The third-order valence-electron chi connectivity index (χ3n) is 3.34. The van der Waals surface area contributed by atoms with Gasteiger partial charge in [0.05, 0.1) is 22.9 Å². The number of aromatic nitrogens is 1. The predicted molar refractivity (Wildman–Crippen MR) is 75.6 cm³/mol. The summed E-state index contributed by atoms with van der Waals surface area (Å²) in [5.74, 6) is 2.08. The zero-order valence-corrected chi connectivity index (χ0v) is 11.8. The molecule has 3 rings (SSSR count). The van der Waals surface area contributed by atoms with Crippen molar-refractivity contribution in [1.29, 1.82) is 0 Å². The Kier molecular flexibility index (Phi) is 3.29. The van der Waals surface area contributed by atoms with Gasteiger partial charge in [0.25, 0.3) is 0 Å². The second kappa shape index (κ2) is 5.09. The molecule has 0 aromatic carbocycles. The molecule has 1 aliphatic rings. The first-order chi connectivity index (χ1) is 9.29. The van der Waals surface area contributed by atoms with Crippen molar-refractivity contribution < 1.29 is 9.15 Å². The molecule has 3 heterocycles. The lowest BCUT2D eigenvalue weighted by Gasteiger charge is -2.26. The zero-order chi connectivity index (χ0) is 13.2. The third-order valence-corrected chi connectivity index (χ3v) is 4.13. The minimum Gasteiger partial charge on any atom is -0.467 e. The molecule has 0 bridgehead atoms. The van der Waals surface area contributed by atoms with Crippen LogP contribution in [0.1, 0.15) is 25.1 Å². The normalized spacial score (nSPS) is 20.2. The molecule has 2 aromatic rings. The van der Waals surface area contributed by atoms with Crippen molar-refractivity contribution in [1.82, 2.24) is 4.98 Å². The zero-order valence-electron chi connectivity index (χ0n) is 10.9. The third kappa shape index (κ3) is 2.26. The Bertz CT molecular complexity index is 548. The molecule has 0 saturated heterocycles. The number of hydrogen-bond donors (Lipinski definition) is 0. The van der Waals surface area contributed by atoms with E-state index in [2.05, 4.69) is 23.7 Å². The van der Waals surface area contributed by atoms with Gasteiger partial charge in [-0.1, -0.05) is 13.8 Å². The molecule has 1 aliphatic heterocycles.